The summed E-state index contributed by atoms with van der Waals surface area (Å²) in [5, 5.41) is 0. The molecule has 0 nitrogen and oxygen atoms in total. The summed E-state index contributed by atoms with van der Waals surface area (Å²) in [7, 11) is 0. The van der Waals surface area contributed by atoms with Gasteiger partial charge in [-0.3, -0.25) is 0 Å². The maximum atomic E-state index is 0. The van der Waals surface area contributed by atoms with Gasteiger partial charge in [-0.05, 0) is 0 Å². The number of hydrogen-bond acceptors (Lipinski definition) is 0. The van der Waals surface area contributed by atoms with Crippen LogP contribution in [0.15, 0.2) is 0 Å². The Morgan fingerprint density at radius 2 is 0.500 bits per heavy atom. The van der Waals surface area contributed by atoms with Gasteiger partial charge in [-0.1, -0.05) is 0 Å². The summed E-state index contributed by atoms with van der Waals surface area (Å²) in [6.07, 6.45) is 0. The van der Waals surface area contributed by atoms with Crippen LogP contribution in [-0.2, 0) is 19.5 Å². The van der Waals surface area contributed by atoms with E-state index in [4.69, 9.17) is 0 Å². The van der Waals surface area contributed by atoms with Gasteiger partial charge in [0.15, 0.2) is 0 Å². The molecule has 0 aliphatic carbocycles. The second-order valence-electron chi connectivity index (χ2n) is 0. The van der Waals surface area contributed by atoms with Crippen LogP contribution < -0.4 is 79.2 Å². The molecule has 0 radical (unpaired) electrons. The van der Waals surface area contributed by atoms with Crippen LogP contribution in [0.2, 0.25) is 0 Å². The zero-order chi connectivity index (χ0) is 0. The fourth-order valence-corrected chi connectivity index (χ4v) is 0. The first-order valence-corrected chi connectivity index (χ1v) is 0. The van der Waals surface area contributed by atoms with E-state index in [2.05, 4.69) is 0 Å². The summed E-state index contributed by atoms with van der Waals surface area (Å²) in [4.78, 5) is 0. The molecule has 6 heteroatoms. The van der Waals surface area contributed by atoms with E-state index in [0.29, 0.717) is 0 Å². The monoisotopic (exact) mass is 266 g/mol. The molecule has 0 rings (SSSR count). The average molecular weight is 268 g/mol. The van der Waals surface area contributed by atoms with Gasteiger partial charge >= 0.3 is 49.0 Å². The van der Waals surface area contributed by atoms with Crippen molar-refractivity contribution in [3.8, 4) is 0 Å². The fourth-order valence-electron chi connectivity index (χ4n) is 0. The Morgan fingerprint density at radius 3 is 0.500 bits per heavy atom. The molecule has 0 aromatic carbocycles. The molecule has 0 N–H and O–H groups in total. The van der Waals surface area contributed by atoms with Crippen LogP contribution >= 0.6 is 0 Å². The van der Waals surface area contributed by atoms with Gasteiger partial charge in [0.2, 0.25) is 0 Å². The molecule has 0 heterocycles. The molecule has 0 amide bonds. The third kappa shape index (κ3) is 29.3. The summed E-state index contributed by atoms with van der Waals surface area (Å²) < 4.78 is 0. The largest absolute Gasteiger partial charge is 3.00 e. The average Bonchev–Trinajstić information content (AvgIpc) is 0. The quantitative estimate of drug-likeness (QED) is 0.383. The van der Waals surface area contributed by atoms with Gasteiger partial charge in [-0.2, -0.15) is 0 Å². The molecule has 38 valence electrons. The zero-order valence-electron chi connectivity index (χ0n) is 2.85. The van der Waals surface area contributed by atoms with Gasteiger partial charge in [-0.25, -0.2) is 0 Å². The number of hydrogen-bond donors (Lipinski definition) is 0. The maximum absolute atomic E-state index is 0. The van der Waals surface area contributed by atoms with Crippen LogP contribution in [0.5, 0.6) is 0 Å². The van der Waals surface area contributed by atoms with Crippen LogP contribution in [0.1, 0.15) is 0 Å². The molecule has 0 atom stereocenters. The third-order valence-electron chi connectivity index (χ3n) is 0. The van der Waals surface area contributed by atoms with Crippen molar-refractivity contribution in [1.82, 2.24) is 0 Å². The molecule has 0 saturated heterocycles. The molecule has 0 spiro atoms. The van der Waals surface area contributed by atoms with E-state index in [1.165, 1.54) is 0 Å². The van der Waals surface area contributed by atoms with Gasteiger partial charge in [0, 0.05) is 0 Å². The van der Waals surface area contributed by atoms with Crippen LogP contribution in [0.3, 0.4) is 0 Å². The Hall–Kier alpha value is 2.78. The maximum Gasteiger partial charge on any atom is 3.00 e. The van der Waals surface area contributed by atoms with Gasteiger partial charge in [0.05, 0.1) is 0 Å². The standard InChI is InChI=1S/4ClH.Na.Rh/h4*1H;;/q;;;;+1;+3/p-4. The van der Waals surface area contributed by atoms with E-state index in [-0.39, 0.29) is 98.7 Å². The van der Waals surface area contributed by atoms with E-state index in [1.807, 2.05) is 0 Å². The molecule has 6 heavy (non-hydrogen) atoms. The summed E-state index contributed by atoms with van der Waals surface area (Å²) in [6.45, 7) is 0. The molecular weight excluding hydrogens is 268 g/mol. The number of rotatable bonds is 0. The van der Waals surface area contributed by atoms with E-state index in [1.54, 1.807) is 0 Å². The Labute approximate surface area is 97.3 Å². The van der Waals surface area contributed by atoms with Crippen molar-refractivity contribution in [2.45, 2.75) is 0 Å². The van der Waals surface area contributed by atoms with Crippen molar-refractivity contribution in [3.63, 3.8) is 0 Å². The molecule has 0 aliphatic heterocycles. The van der Waals surface area contributed by atoms with Crippen LogP contribution in [-0.4, -0.2) is 0 Å². The minimum Gasteiger partial charge on any atom is -1.00 e. The minimum atomic E-state index is 0. The van der Waals surface area contributed by atoms with Gasteiger partial charge in [0.25, 0.3) is 0 Å². The number of halogens is 4. The predicted molar refractivity (Wildman–Crippen MR) is 0 cm³/mol. The van der Waals surface area contributed by atoms with E-state index < -0.39 is 0 Å². The second-order valence-corrected chi connectivity index (χ2v) is 0. The Balaban J connectivity index is 0. The summed E-state index contributed by atoms with van der Waals surface area (Å²) >= 11 is 0. The topological polar surface area (TPSA) is 0 Å². The molecule has 0 saturated carbocycles. The van der Waals surface area contributed by atoms with Crippen molar-refractivity contribution in [2.75, 3.05) is 0 Å². The molecule has 0 aromatic heterocycles. The van der Waals surface area contributed by atoms with Gasteiger partial charge in [0.1, 0.15) is 0 Å². The Bertz CT molecular complexity index is 7.51. The van der Waals surface area contributed by atoms with Crippen molar-refractivity contribution >= 4 is 0 Å². The summed E-state index contributed by atoms with van der Waals surface area (Å²) in [5.41, 5.74) is 0. The van der Waals surface area contributed by atoms with Gasteiger partial charge < -0.3 is 49.6 Å². The SMILES string of the molecule is [Cl-].[Cl-].[Cl-].[Cl-].[Na+].[Rh+3]. The molecule has 0 aromatic rings. The smallest absolute Gasteiger partial charge is 1.00 e. The van der Waals surface area contributed by atoms with E-state index in [0.717, 1.165) is 0 Å². The summed E-state index contributed by atoms with van der Waals surface area (Å²) in [5.74, 6) is 0. The third-order valence-corrected chi connectivity index (χ3v) is 0. The fraction of sp³-hybridized carbons (Fsp3) is 0. The van der Waals surface area contributed by atoms with E-state index in [9.17, 15) is 0 Å². The van der Waals surface area contributed by atoms with E-state index >= 15 is 0 Å². The predicted octanol–water partition coefficient (Wildman–Crippen LogP) is -15.0. The molecule has 0 unspecified atom stereocenters. The molecule has 0 bridgehead atoms. The first kappa shape index (κ1) is 68.7. The van der Waals surface area contributed by atoms with Crippen molar-refractivity contribution in [1.29, 1.82) is 0 Å². The van der Waals surface area contributed by atoms with Crippen LogP contribution in [0.25, 0.3) is 0 Å². The van der Waals surface area contributed by atoms with Crippen molar-refractivity contribution < 1.29 is 98.7 Å². The first-order chi connectivity index (χ1) is 0. The van der Waals surface area contributed by atoms with Gasteiger partial charge in [-0.15, -0.1) is 0 Å². The normalized spacial score (nSPS) is 0. The molecular formula is Cl4NaRh. The van der Waals surface area contributed by atoms with Crippen LogP contribution in [0.4, 0.5) is 0 Å². The minimum absolute atomic E-state index is 0. The second kappa shape index (κ2) is 46.2. The Kier molecular flexibility index (Phi) is 529. The Morgan fingerprint density at radius 1 is 0.500 bits per heavy atom. The molecule has 0 fully saturated rings. The first-order valence-electron chi connectivity index (χ1n) is 0. The zero-order valence-corrected chi connectivity index (χ0v) is 9.51. The van der Waals surface area contributed by atoms with Crippen molar-refractivity contribution in [2.24, 2.45) is 0 Å². The van der Waals surface area contributed by atoms with Crippen LogP contribution in [0, 0.1) is 0 Å². The van der Waals surface area contributed by atoms with Crippen molar-refractivity contribution in [3.05, 3.63) is 0 Å². The summed E-state index contributed by atoms with van der Waals surface area (Å²) in [6, 6.07) is 0. The molecule has 0 aliphatic rings.